The van der Waals surface area contributed by atoms with Gasteiger partial charge in [0.05, 0.1) is 26.4 Å². The Labute approximate surface area is 163 Å². The van der Waals surface area contributed by atoms with Crippen LogP contribution in [0.15, 0.2) is 47.6 Å². The van der Waals surface area contributed by atoms with Crippen LogP contribution in [-0.2, 0) is 11.2 Å². The third-order valence-electron chi connectivity index (χ3n) is 3.71. The minimum absolute atomic E-state index is 0.130. The molecular weight excluding hydrogens is 366 g/mol. The molecule has 3 N–H and O–H groups in total. The van der Waals surface area contributed by atoms with Crippen molar-refractivity contribution >= 4 is 34.7 Å². The second-order valence-electron chi connectivity index (χ2n) is 5.59. The lowest BCUT2D eigenvalue weighted by Crippen LogP contribution is -2.25. The number of carbonyl (C=O) groups is 1. The molecular formula is C19H21N3O4S. The van der Waals surface area contributed by atoms with Crippen LogP contribution in [0.3, 0.4) is 0 Å². The summed E-state index contributed by atoms with van der Waals surface area (Å²) in [4.78, 5) is 11.0. The van der Waals surface area contributed by atoms with Crippen LogP contribution in [0.1, 0.15) is 18.1 Å². The van der Waals surface area contributed by atoms with Gasteiger partial charge in [-0.15, -0.1) is 0 Å². The number of anilines is 1. The molecule has 0 unspecified atom stereocenters. The number of carboxylic acid groups (broad SMARTS) is 1. The van der Waals surface area contributed by atoms with Gasteiger partial charge in [0, 0.05) is 11.3 Å². The van der Waals surface area contributed by atoms with Gasteiger partial charge in [-0.2, -0.15) is 5.10 Å². The molecule has 0 radical (unpaired) electrons. The first kappa shape index (κ1) is 20.2. The van der Waals surface area contributed by atoms with Gasteiger partial charge in [0.2, 0.25) is 0 Å². The fourth-order valence-electron chi connectivity index (χ4n) is 2.34. The van der Waals surface area contributed by atoms with Gasteiger partial charge in [0.15, 0.2) is 5.11 Å². The second-order valence-corrected chi connectivity index (χ2v) is 6.00. The van der Waals surface area contributed by atoms with Crippen molar-refractivity contribution in [3.63, 3.8) is 0 Å². The van der Waals surface area contributed by atoms with Crippen molar-refractivity contribution in [2.24, 2.45) is 5.10 Å². The van der Waals surface area contributed by atoms with Gasteiger partial charge in [0.25, 0.3) is 0 Å². The smallest absolute Gasteiger partial charge is 0.307 e. The van der Waals surface area contributed by atoms with Crippen LogP contribution in [0.4, 0.5) is 5.69 Å². The van der Waals surface area contributed by atoms with Crippen molar-refractivity contribution in [1.29, 1.82) is 0 Å². The molecule has 2 rings (SSSR count). The van der Waals surface area contributed by atoms with E-state index in [1.807, 2.05) is 30.3 Å². The van der Waals surface area contributed by atoms with Gasteiger partial charge in [-0.05, 0) is 67.2 Å². The quantitative estimate of drug-likeness (QED) is 0.382. The number of hydrazone groups is 1. The molecule has 0 aromatic heterocycles. The summed E-state index contributed by atoms with van der Waals surface area (Å²) in [6, 6.07) is 12.6. The summed E-state index contributed by atoms with van der Waals surface area (Å²) < 4.78 is 10.3. The van der Waals surface area contributed by atoms with Crippen LogP contribution in [0, 0.1) is 0 Å². The Balaban J connectivity index is 2.05. The monoisotopic (exact) mass is 387 g/mol. The molecule has 0 atom stereocenters. The van der Waals surface area contributed by atoms with Gasteiger partial charge < -0.3 is 19.9 Å². The predicted octanol–water partition coefficient (Wildman–Crippen LogP) is 3.04. The average Bonchev–Trinajstić information content (AvgIpc) is 2.66. The Kier molecular flexibility index (Phi) is 7.13. The Morgan fingerprint density at radius 1 is 1.15 bits per heavy atom. The maximum absolute atomic E-state index is 11.0. The zero-order chi connectivity index (χ0) is 19.8. The summed E-state index contributed by atoms with van der Waals surface area (Å²) in [6.07, 6.45) is -0.130. The zero-order valence-electron chi connectivity index (χ0n) is 15.3. The molecule has 0 amide bonds. The molecule has 0 aliphatic rings. The maximum Gasteiger partial charge on any atom is 0.307 e. The molecule has 0 aliphatic heterocycles. The highest BCUT2D eigenvalue weighted by Crippen LogP contribution is 2.21. The first-order valence-corrected chi connectivity index (χ1v) is 8.48. The van der Waals surface area contributed by atoms with E-state index < -0.39 is 5.97 Å². The van der Waals surface area contributed by atoms with Crippen LogP contribution in [0.25, 0.3) is 0 Å². The summed E-state index contributed by atoms with van der Waals surface area (Å²) in [5.74, 6) is 0.353. The molecule has 2 aromatic rings. The molecule has 8 heteroatoms. The first-order chi connectivity index (χ1) is 12.9. The Morgan fingerprint density at radius 3 is 2.44 bits per heavy atom. The molecule has 0 saturated carbocycles. The summed E-state index contributed by atoms with van der Waals surface area (Å²) in [5, 5.41) is 16.6. The summed E-state index contributed by atoms with van der Waals surface area (Å²) in [6.45, 7) is 1.80. The van der Waals surface area contributed by atoms with Gasteiger partial charge in [-0.25, -0.2) is 0 Å². The number of rotatable bonds is 7. The highest BCUT2D eigenvalue weighted by atomic mass is 32.1. The lowest BCUT2D eigenvalue weighted by molar-refractivity contribution is -0.136. The van der Waals surface area contributed by atoms with Crippen LogP contribution in [-0.4, -0.2) is 36.1 Å². The van der Waals surface area contributed by atoms with E-state index in [-0.39, 0.29) is 6.42 Å². The molecule has 2 aromatic carbocycles. The molecule has 142 valence electrons. The van der Waals surface area contributed by atoms with Crippen LogP contribution >= 0.6 is 12.2 Å². The highest BCUT2D eigenvalue weighted by molar-refractivity contribution is 7.80. The molecule has 0 heterocycles. The second kappa shape index (κ2) is 9.54. The van der Waals surface area contributed by atoms with Gasteiger partial charge in [-0.3, -0.25) is 10.2 Å². The number of nitrogens with zero attached hydrogens (tertiary/aromatic N) is 1. The molecule has 0 saturated heterocycles. The molecule has 0 bridgehead atoms. The molecule has 0 aliphatic carbocycles. The Hall–Kier alpha value is -3.13. The van der Waals surface area contributed by atoms with Crippen LogP contribution in [0.2, 0.25) is 0 Å². The number of hydrogen-bond donors (Lipinski definition) is 3. The highest BCUT2D eigenvalue weighted by Gasteiger charge is 2.10. The molecule has 0 fully saturated rings. The number of aliphatic carboxylic acids is 1. The van der Waals surface area contributed by atoms with E-state index in [1.165, 1.54) is 7.11 Å². The van der Waals surface area contributed by atoms with E-state index in [0.29, 0.717) is 22.1 Å². The number of ether oxygens (including phenoxy) is 2. The largest absolute Gasteiger partial charge is 0.497 e. The fraction of sp³-hybridized carbons (Fsp3) is 0.211. The number of nitrogens with one attached hydrogen (secondary N) is 2. The van der Waals surface area contributed by atoms with Crippen molar-refractivity contribution in [1.82, 2.24) is 5.43 Å². The maximum atomic E-state index is 11.0. The van der Waals surface area contributed by atoms with Crippen molar-refractivity contribution in [2.45, 2.75) is 13.3 Å². The van der Waals surface area contributed by atoms with Gasteiger partial charge in [0.1, 0.15) is 11.5 Å². The number of thiocarbonyl (C=S) groups is 1. The number of benzene rings is 2. The third-order valence-corrected chi connectivity index (χ3v) is 3.91. The van der Waals surface area contributed by atoms with E-state index in [0.717, 1.165) is 17.0 Å². The average molecular weight is 387 g/mol. The van der Waals surface area contributed by atoms with Crippen molar-refractivity contribution < 1.29 is 19.4 Å². The molecule has 7 nitrogen and oxygen atoms in total. The number of methoxy groups -OCH3 is 2. The van der Waals surface area contributed by atoms with E-state index in [4.69, 9.17) is 26.8 Å². The van der Waals surface area contributed by atoms with Crippen LogP contribution < -0.4 is 20.2 Å². The SMILES string of the molecule is COc1ccc(NC(=S)N/N=C(/C)c2ccc(OC)c(CC(=O)O)c2)cc1. The van der Waals surface area contributed by atoms with E-state index >= 15 is 0 Å². The normalized spacial score (nSPS) is 10.9. The van der Waals surface area contributed by atoms with Gasteiger partial charge in [-0.1, -0.05) is 0 Å². The Morgan fingerprint density at radius 2 is 1.85 bits per heavy atom. The van der Waals surface area contributed by atoms with Gasteiger partial charge >= 0.3 is 5.97 Å². The fourth-order valence-corrected chi connectivity index (χ4v) is 2.50. The van der Waals surface area contributed by atoms with Crippen molar-refractivity contribution in [3.8, 4) is 11.5 Å². The van der Waals surface area contributed by atoms with Crippen LogP contribution in [0.5, 0.6) is 11.5 Å². The third kappa shape index (κ3) is 5.96. The topological polar surface area (TPSA) is 92.2 Å². The Bertz CT molecular complexity index is 851. The van der Waals surface area contributed by atoms with E-state index in [9.17, 15) is 4.79 Å². The number of carboxylic acids is 1. The number of hydrogen-bond acceptors (Lipinski definition) is 5. The van der Waals surface area contributed by atoms with Crippen molar-refractivity contribution in [3.05, 3.63) is 53.6 Å². The summed E-state index contributed by atoms with van der Waals surface area (Å²) in [7, 11) is 3.11. The first-order valence-electron chi connectivity index (χ1n) is 8.07. The predicted molar refractivity (Wildman–Crippen MR) is 109 cm³/mol. The van der Waals surface area contributed by atoms with E-state index in [2.05, 4.69) is 15.8 Å². The van der Waals surface area contributed by atoms with E-state index in [1.54, 1.807) is 26.2 Å². The molecule has 0 spiro atoms. The summed E-state index contributed by atoms with van der Waals surface area (Å²) in [5.41, 5.74) is 5.58. The summed E-state index contributed by atoms with van der Waals surface area (Å²) >= 11 is 5.23. The zero-order valence-corrected chi connectivity index (χ0v) is 16.1. The lowest BCUT2D eigenvalue weighted by atomic mass is 10.0. The standard InChI is InChI=1S/C19H21N3O4S/c1-12(13-4-9-17(26-3)14(10-13)11-18(23)24)21-22-19(27)20-15-5-7-16(25-2)8-6-15/h4-10H,11H2,1-3H3,(H,23,24)(H2,20,22,27)/b21-12-. The van der Waals surface area contributed by atoms with Crippen molar-refractivity contribution in [2.75, 3.05) is 19.5 Å². The lowest BCUT2D eigenvalue weighted by Gasteiger charge is -2.11. The molecule has 27 heavy (non-hydrogen) atoms. The minimum atomic E-state index is -0.928. The minimum Gasteiger partial charge on any atom is -0.497 e.